The summed E-state index contributed by atoms with van der Waals surface area (Å²) in [5.74, 6) is -2.39. The molecule has 0 aliphatic carbocycles. The van der Waals surface area contributed by atoms with Crippen LogP contribution in [0.2, 0.25) is 0 Å². The number of para-hydroxylation sites is 1. The third-order valence-corrected chi connectivity index (χ3v) is 10.6. The number of carbonyl (C=O) groups is 3. The van der Waals surface area contributed by atoms with E-state index in [0.29, 0.717) is 30.6 Å². The first-order chi connectivity index (χ1) is 23.0. The van der Waals surface area contributed by atoms with E-state index in [1.165, 1.54) is 0 Å². The van der Waals surface area contributed by atoms with Gasteiger partial charge in [-0.1, -0.05) is 44.2 Å². The number of amides is 3. The third kappa shape index (κ3) is 5.96. The van der Waals surface area contributed by atoms with Gasteiger partial charge < -0.3 is 29.4 Å². The van der Waals surface area contributed by atoms with Crippen molar-refractivity contribution in [2.75, 3.05) is 47.5 Å². The number of anilines is 3. The fourth-order valence-corrected chi connectivity index (χ4v) is 8.49. The van der Waals surface area contributed by atoms with E-state index < -0.39 is 35.1 Å². The summed E-state index contributed by atoms with van der Waals surface area (Å²) in [6.45, 7) is 19.9. The maximum Gasteiger partial charge on any atom is 0.253 e. The first-order valence-corrected chi connectivity index (χ1v) is 17.4. The number of carbonyl (C=O) groups excluding carboxylic acids is 3. The van der Waals surface area contributed by atoms with Gasteiger partial charge in [0.2, 0.25) is 11.8 Å². The topological polar surface area (TPSA) is 93.6 Å². The maximum absolute atomic E-state index is 15.1. The molecular formula is C39H52N4O5. The second-order valence-electron chi connectivity index (χ2n) is 13.9. The van der Waals surface area contributed by atoms with Gasteiger partial charge in [0.05, 0.1) is 30.1 Å². The molecule has 3 heterocycles. The zero-order valence-corrected chi connectivity index (χ0v) is 29.2. The molecule has 5 rings (SSSR count). The summed E-state index contributed by atoms with van der Waals surface area (Å²) < 4.78 is 6.95. The fourth-order valence-electron chi connectivity index (χ4n) is 8.49. The lowest BCUT2D eigenvalue weighted by molar-refractivity contribution is -0.148. The van der Waals surface area contributed by atoms with E-state index >= 15 is 4.79 Å². The van der Waals surface area contributed by atoms with E-state index in [9.17, 15) is 14.7 Å². The number of nitrogens with zero attached hydrogens (tertiary/aromatic N) is 4. The van der Waals surface area contributed by atoms with Crippen LogP contribution >= 0.6 is 0 Å². The van der Waals surface area contributed by atoms with E-state index in [1.54, 1.807) is 26.9 Å². The molecule has 9 heteroatoms. The van der Waals surface area contributed by atoms with Crippen molar-refractivity contribution in [3.05, 3.63) is 79.9 Å². The van der Waals surface area contributed by atoms with Gasteiger partial charge in [-0.05, 0) is 82.3 Å². The van der Waals surface area contributed by atoms with Crippen LogP contribution in [-0.4, -0.2) is 83.8 Å². The number of ether oxygens (including phenoxy) is 1. The average molecular weight is 657 g/mol. The maximum atomic E-state index is 15.1. The van der Waals surface area contributed by atoms with E-state index in [1.807, 2.05) is 75.4 Å². The van der Waals surface area contributed by atoms with Crippen molar-refractivity contribution >= 4 is 34.8 Å². The van der Waals surface area contributed by atoms with Crippen molar-refractivity contribution < 1.29 is 24.2 Å². The monoisotopic (exact) mass is 656 g/mol. The second-order valence-corrected chi connectivity index (χ2v) is 13.9. The molecule has 3 saturated heterocycles. The van der Waals surface area contributed by atoms with E-state index in [2.05, 4.69) is 31.9 Å². The molecule has 3 aliphatic heterocycles. The van der Waals surface area contributed by atoms with Gasteiger partial charge in [-0.25, -0.2) is 0 Å². The summed E-state index contributed by atoms with van der Waals surface area (Å²) in [6, 6.07) is 15.6. The van der Waals surface area contributed by atoms with Crippen molar-refractivity contribution in [3.8, 4) is 0 Å². The summed E-state index contributed by atoms with van der Waals surface area (Å²) >= 11 is 0. The van der Waals surface area contributed by atoms with Crippen LogP contribution < -0.4 is 14.7 Å². The fraction of sp³-hybridized carbons (Fsp3) is 0.513. The normalized spacial score (nSPS) is 26.4. The molecule has 0 radical (unpaired) electrons. The summed E-state index contributed by atoms with van der Waals surface area (Å²) in [6.07, 6.45) is 4.83. The van der Waals surface area contributed by atoms with Crippen LogP contribution in [0.1, 0.15) is 53.9 Å². The second kappa shape index (κ2) is 14.3. The van der Waals surface area contributed by atoms with Gasteiger partial charge in [0.15, 0.2) is 0 Å². The Bertz CT molecular complexity index is 1490. The Hall–Kier alpha value is -3.95. The average Bonchev–Trinajstić information content (AvgIpc) is 3.66. The minimum atomic E-state index is -1.23. The van der Waals surface area contributed by atoms with Crippen LogP contribution in [-0.2, 0) is 19.1 Å². The summed E-state index contributed by atoms with van der Waals surface area (Å²) in [5, 5.41) is 10.7. The zero-order chi connectivity index (χ0) is 34.8. The predicted octanol–water partition coefficient (Wildman–Crippen LogP) is 5.44. The molecule has 0 saturated carbocycles. The molecular weight excluding hydrogens is 604 g/mol. The van der Waals surface area contributed by atoms with Crippen molar-refractivity contribution in [3.63, 3.8) is 0 Å². The van der Waals surface area contributed by atoms with Crippen LogP contribution in [0.25, 0.3) is 0 Å². The molecule has 1 spiro atoms. The van der Waals surface area contributed by atoms with Crippen LogP contribution in [0.5, 0.6) is 0 Å². The zero-order valence-electron chi connectivity index (χ0n) is 29.2. The standard InChI is InChI=1S/C39H52N4O5/c1-8-23-41(29-15-13-12-14-16-29)35(45)32-33-36(46)43(31(26-44)25-27(5)6)34(39(33)22-21-38(32,7)48-39)37(47)42(24-9-2)30-19-17-28(18-20-30)40(10-3)11-4/h8-9,12-20,27,31-34,44H,1-2,10-11,21-26H2,3-7H3/t31-,32+,33+,34?,38-,39?/m1/s1. The quantitative estimate of drug-likeness (QED) is 0.257. The Balaban J connectivity index is 1.61. The van der Waals surface area contributed by atoms with E-state index in [-0.39, 0.29) is 43.3 Å². The molecule has 3 fully saturated rings. The van der Waals surface area contributed by atoms with Crippen LogP contribution in [0.4, 0.5) is 17.1 Å². The number of rotatable bonds is 15. The molecule has 2 aromatic rings. The van der Waals surface area contributed by atoms with Crippen LogP contribution in [0, 0.1) is 17.8 Å². The lowest BCUT2D eigenvalue weighted by atomic mass is 9.66. The minimum absolute atomic E-state index is 0.147. The van der Waals surface area contributed by atoms with Crippen LogP contribution in [0.3, 0.4) is 0 Å². The van der Waals surface area contributed by atoms with Gasteiger partial charge in [-0.3, -0.25) is 14.4 Å². The van der Waals surface area contributed by atoms with Crippen molar-refractivity contribution in [2.45, 2.75) is 77.2 Å². The predicted molar refractivity (Wildman–Crippen MR) is 191 cm³/mol. The Kier molecular flexibility index (Phi) is 10.5. The van der Waals surface area contributed by atoms with Gasteiger partial charge in [0.25, 0.3) is 5.91 Å². The molecule has 258 valence electrons. The van der Waals surface area contributed by atoms with Gasteiger partial charge in [-0.15, -0.1) is 13.2 Å². The molecule has 2 unspecified atom stereocenters. The summed E-state index contributed by atoms with van der Waals surface area (Å²) in [7, 11) is 0. The highest BCUT2D eigenvalue weighted by atomic mass is 16.5. The van der Waals surface area contributed by atoms with Crippen molar-refractivity contribution in [1.82, 2.24) is 4.90 Å². The smallest absolute Gasteiger partial charge is 0.253 e. The number of benzene rings is 2. The molecule has 1 N–H and O–H groups in total. The highest BCUT2D eigenvalue weighted by molar-refractivity contribution is 6.07. The molecule has 0 aromatic heterocycles. The lowest BCUT2D eigenvalue weighted by Crippen LogP contribution is -2.59. The largest absolute Gasteiger partial charge is 0.394 e. The highest BCUT2D eigenvalue weighted by Gasteiger charge is 2.79. The Morgan fingerprint density at radius 2 is 1.50 bits per heavy atom. The molecule has 9 nitrogen and oxygen atoms in total. The summed E-state index contributed by atoms with van der Waals surface area (Å²) in [5.41, 5.74) is 0.261. The number of fused-ring (bicyclic) bond motifs is 1. The number of aliphatic hydroxyl groups excluding tert-OH is 1. The number of likely N-dealkylation sites (tertiary alicyclic amines) is 1. The Morgan fingerprint density at radius 3 is 2.04 bits per heavy atom. The Morgan fingerprint density at radius 1 is 0.938 bits per heavy atom. The lowest BCUT2D eigenvalue weighted by Gasteiger charge is -2.40. The van der Waals surface area contributed by atoms with Gasteiger partial charge in [0.1, 0.15) is 11.6 Å². The number of aliphatic hydroxyl groups is 1. The number of hydrogen-bond acceptors (Lipinski definition) is 6. The summed E-state index contributed by atoms with van der Waals surface area (Å²) in [4.78, 5) is 51.8. The van der Waals surface area contributed by atoms with Crippen LogP contribution in [0.15, 0.2) is 79.9 Å². The first kappa shape index (κ1) is 35.4. The van der Waals surface area contributed by atoms with Gasteiger partial charge in [0, 0.05) is 43.2 Å². The minimum Gasteiger partial charge on any atom is -0.394 e. The molecule has 3 aliphatic rings. The van der Waals surface area contributed by atoms with E-state index in [4.69, 9.17) is 4.74 Å². The third-order valence-electron chi connectivity index (χ3n) is 10.6. The van der Waals surface area contributed by atoms with Crippen molar-refractivity contribution in [1.29, 1.82) is 0 Å². The molecule has 48 heavy (non-hydrogen) atoms. The van der Waals surface area contributed by atoms with E-state index in [0.717, 1.165) is 18.8 Å². The number of hydrogen-bond donors (Lipinski definition) is 1. The van der Waals surface area contributed by atoms with Gasteiger partial charge in [-0.2, -0.15) is 0 Å². The highest BCUT2D eigenvalue weighted by Crippen LogP contribution is 2.64. The molecule has 3 amide bonds. The first-order valence-electron chi connectivity index (χ1n) is 17.4. The van der Waals surface area contributed by atoms with Crippen molar-refractivity contribution in [2.24, 2.45) is 17.8 Å². The Labute approximate surface area is 285 Å². The SMILES string of the molecule is C=CCN(C(=O)C1N([C@@H](CO)CC(C)C)C(=O)[C@@H]2[C@@H](C(=O)N(CC=C)c3ccccc3)[C@@]3(C)CCC12O3)c1ccc(N(CC)CC)cc1. The molecule has 2 aromatic carbocycles. The van der Waals surface area contributed by atoms with Gasteiger partial charge >= 0.3 is 0 Å². The molecule has 6 atom stereocenters. The molecule has 2 bridgehead atoms.